The minimum absolute atomic E-state index is 0.141. The maximum absolute atomic E-state index is 11.9. The summed E-state index contributed by atoms with van der Waals surface area (Å²) in [6.07, 6.45) is 2.74. The molecule has 0 aromatic carbocycles. The van der Waals surface area contributed by atoms with E-state index >= 15 is 0 Å². The van der Waals surface area contributed by atoms with Crippen molar-refractivity contribution in [1.29, 1.82) is 0 Å². The third-order valence-electron chi connectivity index (χ3n) is 3.55. The quantitative estimate of drug-likeness (QED) is 0.712. The van der Waals surface area contributed by atoms with Crippen LogP contribution in [-0.2, 0) is 19.0 Å². The second kappa shape index (κ2) is 5.33. The van der Waals surface area contributed by atoms with E-state index in [0.29, 0.717) is 19.6 Å². The van der Waals surface area contributed by atoms with E-state index in [-0.39, 0.29) is 18.2 Å². The normalized spacial score (nSPS) is 33.4. The van der Waals surface area contributed by atoms with Crippen molar-refractivity contribution >= 4 is 5.97 Å². The van der Waals surface area contributed by atoms with Gasteiger partial charge in [0, 0.05) is 6.42 Å². The van der Waals surface area contributed by atoms with Crippen LogP contribution in [0.25, 0.3) is 0 Å². The monoisotopic (exact) mass is 243 g/mol. The Balaban J connectivity index is 1.92. The average molecular weight is 243 g/mol. The first-order valence-corrected chi connectivity index (χ1v) is 6.27. The molecule has 0 radical (unpaired) electrons. The van der Waals surface area contributed by atoms with Crippen LogP contribution in [0.15, 0.2) is 0 Å². The fraction of sp³-hybridized carbons (Fsp3) is 0.917. The van der Waals surface area contributed by atoms with Crippen LogP contribution in [0.2, 0.25) is 0 Å². The molecule has 17 heavy (non-hydrogen) atoms. The van der Waals surface area contributed by atoms with Crippen molar-refractivity contribution in [3.05, 3.63) is 0 Å². The lowest BCUT2D eigenvalue weighted by atomic mass is 9.97. The summed E-state index contributed by atoms with van der Waals surface area (Å²) in [6.45, 7) is 4.12. The van der Waals surface area contributed by atoms with Gasteiger partial charge in [0.2, 0.25) is 0 Å². The summed E-state index contributed by atoms with van der Waals surface area (Å²) in [7, 11) is 1.44. The third-order valence-corrected chi connectivity index (χ3v) is 3.55. The summed E-state index contributed by atoms with van der Waals surface area (Å²) in [5, 5.41) is 3.26. The van der Waals surface area contributed by atoms with Gasteiger partial charge in [-0.1, -0.05) is 6.92 Å². The second-order valence-corrected chi connectivity index (χ2v) is 4.76. The Hall–Kier alpha value is -0.650. The molecule has 0 aromatic heterocycles. The van der Waals surface area contributed by atoms with E-state index in [1.165, 1.54) is 7.11 Å². The van der Waals surface area contributed by atoms with Gasteiger partial charge in [0.15, 0.2) is 0 Å². The van der Waals surface area contributed by atoms with E-state index in [9.17, 15) is 4.79 Å². The molecule has 0 spiro atoms. The highest BCUT2D eigenvalue weighted by Crippen LogP contribution is 2.34. The van der Waals surface area contributed by atoms with Crippen molar-refractivity contribution in [2.45, 2.75) is 43.9 Å². The lowest BCUT2D eigenvalue weighted by Crippen LogP contribution is -2.51. The van der Waals surface area contributed by atoms with E-state index in [2.05, 4.69) is 5.32 Å². The summed E-state index contributed by atoms with van der Waals surface area (Å²) in [5.41, 5.74) is -0.543. The highest BCUT2D eigenvalue weighted by molar-refractivity contribution is 5.81. The molecule has 1 saturated heterocycles. The van der Waals surface area contributed by atoms with Gasteiger partial charge in [0.1, 0.15) is 11.6 Å². The van der Waals surface area contributed by atoms with Crippen LogP contribution in [0.5, 0.6) is 0 Å². The smallest absolute Gasteiger partial charge is 0.326 e. The largest absolute Gasteiger partial charge is 0.468 e. The van der Waals surface area contributed by atoms with Crippen LogP contribution < -0.4 is 5.32 Å². The number of hydrogen-bond donors (Lipinski definition) is 1. The van der Waals surface area contributed by atoms with E-state index in [1.54, 1.807) is 0 Å². The topological polar surface area (TPSA) is 56.8 Å². The molecule has 1 aliphatic carbocycles. The van der Waals surface area contributed by atoms with Crippen molar-refractivity contribution in [1.82, 2.24) is 5.32 Å². The van der Waals surface area contributed by atoms with Gasteiger partial charge in [-0.15, -0.1) is 0 Å². The van der Waals surface area contributed by atoms with Crippen molar-refractivity contribution in [3.63, 3.8) is 0 Å². The molecule has 2 fully saturated rings. The Morgan fingerprint density at radius 2 is 2.24 bits per heavy atom. The number of esters is 1. The van der Waals surface area contributed by atoms with Crippen LogP contribution in [0.1, 0.15) is 26.2 Å². The van der Waals surface area contributed by atoms with Crippen molar-refractivity contribution in [2.24, 2.45) is 0 Å². The van der Waals surface area contributed by atoms with Crippen LogP contribution in [0.3, 0.4) is 0 Å². The molecular weight excluding hydrogens is 222 g/mol. The molecule has 98 valence electrons. The lowest BCUT2D eigenvalue weighted by molar-refractivity contribution is -0.158. The third kappa shape index (κ3) is 2.61. The second-order valence-electron chi connectivity index (χ2n) is 4.76. The van der Waals surface area contributed by atoms with E-state index in [4.69, 9.17) is 14.2 Å². The molecule has 2 aliphatic rings. The molecular formula is C12H21NO4. The molecule has 0 aromatic rings. The molecule has 2 unspecified atom stereocenters. The maximum Gasteiger partial charge on any atom is 0.326 e. The highest BCUT2D eigenvalue weighted by atomic mass is 16.6. The zero-order valence-corrected chi connectivity index (χ0v) is 10.5. The molecule has 0 amide bonds. The molecule has 2 atom stereocenters. The van der Waals surface area contributed by atoms with Crippen LogP contribution in [-0.4, -0.2) is 50.6 Å². The van der Waals surface area contributed by atoms with Gasteiger partial charge >= 0.3 is 5.97 Å². The average Bonchev–Trinajstić information content (AvgIpc) is 2.68. The molecule has 0 bridgehead atoms. The van der Waals surface area contributed by atoms with Gasteiger partial charge in [-0.05, 0) is 19.4 Å². The summed E-state index contributed by atoms with van der Waals surface area (Å²) >= 11 is 0. The van der Waals surface area contributed by atoms with Gasteiger partial charge in [0.05, 0.1) is 26.4 Å². The fourth-order valence-electron chi connectivity index (χ4n) is 2.63. The number of ether oxygens (including phenoxy) is 3. The fourth-order valence-corrected chi connectivity index (χ4v) is 2.63. The number of likely N-dealkylation sites (N-methyl/N-ethyl adjacent to an activating group) is 1. The van der Waals surface area contributed by atoms with Crippen LogP contribution in [0.4, 0.5) is 0 Å². The minimum atomic E-state index is -0.543. The number of nitrogens with one attached hydrogen (secondary N) is 1. The zero-order valence-electron chi connectivity index (χ0n) is 10.5. The summed E-state index contributed by atoms with van der Waals surface area (Å²) < 4.78 is 15.9. The Morgan fingerprint density at radius 3 is 2.76 bits per heavy atom. The van der Waals surface area contributed by atoms with Crippen LogP contribution in [0, 0.1) is 0 Å². The van der Waals surface area contributed by atoms with Gasteiger partial charge in [-0.2, -0.15) is 0 Å². The molecule has 1 saturated carbocycles. The molecule has 1 heterocycles. The molecule has 5 heteroatoms. The zero-order chi connectivity index (χ0) is 12.3. The molecule has 1 N–H and O–H groups in total. The minimum Gasteiger partial charge on any atom is -0.468 e. The molecule has 1 aliphatic heterocycles. The number of carbonyl (C=O) groups excluding carboxylic acids is 1. The first kappa shape index (κ1) is 12.8. The number of carbonyl (C=O) groups is 1. The van der Waals surface area contributed by atoms with Gasteiger partial charge in [0.25, 0.3) is 0 Å². The van der Waals surface area contributed by atoms with Gasteiger partial charge in [-0.25, -0.2) is 0 Å². The van der Waals surface area contributed by atoms with Gasteiger partial charge in [-0.3, -0.25) is 4.79 Å². The summed E-state index contributed by atoms with van der Waals surface area (Å²) in [6, 6.07) is 0. The number of hydrogen-bond acceptors (Lipinski definition) is 5. The lowest BCUT2D eigenvalue weighted by Gasteiger charge is -2.30. The Kier molecular flexibility index (Phi) is 4.01. The van der Waals surface area contributed by atoms with E-state index in [0.717, 1.165) is 19.4 Å². The Morgan fingerprint density at radius 1 is 1.47 bits per heavy atom. The molecule has 5 nitrogen and oxygen atoms in total. The molecule has 2 rings (SSSR count). The Labute approximate surface area is 102 Å². The summed E-state index contributed by atoms with van der Waals surface area (Å²) in [5.74, 6) is -0.171. The first-order valence-electron chi connectivity index (χ1n) is 6.27. The van der Waals surface area contributed by atoms with Gasteiger partial charge < -0.3 is 19.5 Å². The highest BCUT2D eigenvalue weighted by Gasteiger charge is 2.47. The van der Waals surface area contributed by atoms with E-state index in [1.807, 2.05) is 6.92 Å². The standard InChI is InChI=1S/C12H21NO4/c1-3-13-12(11(14)15-2)5-4-9(6-12)17-10-7-16-8-10/h9-10,13H,3-8H2,1-2H3. The van der Waals surface area contributed by atoms with Crippen molar-refractivity contribution < 1.29 is 19.0 Å². The number of methoxy groups -OCH3 is 1. The SMILES string of the molecule is CCNC1(C(=O)OC)CCC(OC2COC2)C1. The maximum atomic E-state index is 11.9. The predicted molar refractivity (Wildman–Crippen MR) is 61.8 cm³/mol. The number of rotatable bonds is 5. The first-order chi connectivity index (χ1) is 8.20. The Bertz CT molecular complexity index is 280. The predicted octanol–water partition coefficient (Wildman–Crippen LogP) is 0.476. The van der Waals surface area contributed by atoms with E-state index < -0.39 is 5.54 Å². The summed E-state index contributed by atoms with van der Waals surface area (Å²) in [4.78, 5) is 11.9. The van der Waals surface area contributed by atoms with Crippen molar-refractivity contribution in [2.75, 3.05) is 26.9 Å². The van der Waals surface area contributed by atoms with Crippen LogP contribution >= 0.6 is 0 Å². The van der Waals surface area contributed by atoms with Crippen molar-refractivity contribution in [3.8, 4) is 0 Å².